The van der Waals surface area contributed by atoms with Crippen LogP contribution in [0.15, 0.2) is 36.7 Å². The van der Waals surface area contributed by atoms with E-state index in [9.17, 15) is 4.39 Å². The normalized spacial score (nSPS) is 19.3. The van der Waals surface area contributed by atoms with E-state index in [-0.39, 0.29) is 18.0 Å². The number of rotatable bonds is 5. The Hall–Kier alpha value is -2.93. The van der Waals surface area contributed by atoms with Gasteiger partial charge >= 0.3 is 0 Å². The molecular weight excluding hydrogens is 371 g/mol. The van der Waals surface area contributed by atoms with Crippen LogP contribution < -0.4 is 15.8 Å². The first-order chi connectivity index (χ1) is 14.0. The predicted octanol–water partition coefficient (Wildman–Crippen LogP) is 4.74. The third-order valence-electron chi connectivity index (χ3n) is 5.36. The number of nitrogens with two attached hydrogens (primary N) is 1. The Labute approximate surface area is 169 Å². The fraction of sp³-hybridized carbons (Fsp3) is 0.364. The molecule has 29 heavy (non-hydrogen) atoms. The van der Waals surface area contributed by atoms with Crippen molar-refractivity contribution in [2.24, 2.45) is 0 Å². The first-order valence-electron chi connectivity index (χ1n) is 9.80. The van der Waals surface area contributed by atoms with Crippen LogP contribution in [0.5, 0.6) is 5.75 Å². The molecule has 6 nitrogen and oxygen atoms in total. The molecule has 0 saturated heterocycles. The number of fused-ring (bicyclic) bond motifs is 1. The highest BCUT2D eigenvalue weighted by molar-refractivity contribution is 5.95. The third kappa shape index (κ3) is 4.24. The molecule has 3 aromatic rings. The summed E-state index contributed by atoms with van der Waals surface area (Å²) in [5.74, 6) is 0.745. The zero-order valence-electron chi connectivity index (χ0n) is 16.6. The summed E-state index contributed by atoms with van der Waals surface area (Å²) in [5.41, 5.74) is 8.96. The van der Waals surface area contributed by atoms with Gasteiger partial charge in [0.15, 0.2) is 0 Å². The minimum absolute atomic E-state index is 0.0141. The maximum absolute atomic E-state index is 14.0. The van der Waals surface area contributed by atoms with Crippen molar-refractivity contribution in [2.75, 3.05) is 18.2 Å². The number of nitrogen functional groups attached to an aromatic ring is 1. The quantitative estimate of drug-likeness (QED) is 0.606. The van der Waals surface area contributed by atoms with E-state index >= 15 is 0 Å². The van der Waals surface area contributed by atoms with Crippen LogP contribution >= 0.6 is 0 Å². The summed E-state index contributed by atoms with van der Waals surface area (Å²) in [6.45, 7) is 1.96. The topological polar surface area (TPSA) is 82.3 Å². The van der Waals surface area contributed by atoms with Gasteiger partial charge in [-0.1, -0.05) is 0 Å². The lowest BCUT2D eigenvalue weighted by Crippen LogP contribution is -2.29. The second-order valence-electron chi connectivity index (χ2n) is 7.48. The Bertz CT molecular complexity index is 1030. The van der Waals surface area contributed by atoms with Gasteiger partial charge in [-0.25, -0.2) is 14.4 Å². The van der Waals surface area contributed by atoms with Crippen molar-refractivity contribution in [1.82, 2.24) is 9.97 Å². The van der Waals surface area contributed by atoms with E-state index in [0.717, 1.165) is 42.1 Å². The van der Waals surface area contributed by atoms with E-state index in [1.807, 2.05) is 19.1 Å². The van der Waals surface area contributed by atoms with E-state index in [0.29, 0.717) is 22.9 Å². The lowest BCUT2D eigenvalue weighted by Gasteiger charge is -2.29. The van der Waals surface area contributed by atoms with Crippen LogP contribution in [0.1, 0.15) is 31.2 Å². The zero-order valence-corrected chi connectivity index (χ0v) is 16.6. The van der Waals surface area contributed by atoms with Crippen molar-refractivity contribution in [3.8, 4) is 5.75 Å². The van der Waals surface area contributed by atoms with Gasteiger partial charge in [0.05, 0.1) is 17.3 Å². The molecule has 1 aromatic heterocycles. The molecule has 0 spiro atoms. The van der Waals surface area contributed by atoms with Gasteiger partial charge < -0.3 is 20.5 Å². The number of nitrogens with one attached hydrogen (secondary N) is 1. The van der Waals surface area contributed by atoms with Crippen molar-refractivity contribution >= 4 is 28.1 Å². The van der Waals surface area contributed by atoms with Gasteiger partial charge in [0.1, 0.15) is 29.8 Å². The van der Waals surface area contributed by atoms with Crippen molar-refractivity contribution < 1.29 is 13.9 Å². The zero-order chi connectivity index (χ0) is 20.4. The van der Waals surface area contributed by atoms with E-state index in [4.69, 9.17) is 15.2 Å². The average Bonchev–Trinajstić information content (AvgIpc) is 2.70. The first-order valence-corrected chi connectivity index (χ1v) is 9.80. The first kappa shape index (κ1) is 19.4. The Kier molecular flexibility index (Phi) is 5.49. The summed E-state index contributed by atoms with van der Waals surface area (Å²) in [4.78, 5) is 8.71. The van der Waals surface area contributed by atoms with Crippen molar-refractivity contribution in [2.45, 2.75) is 44.8 Å². The molecule has 2 atom stereocenters. The molecule has 1 heterocycles. The lowest BCUT2D eigenvalue weighted by molar-refractivity contribution is 0.0211. The molecule has 1 aliphatic carbocycles. The number of methoxy groups -OCH3 is 1. The van der Waals surface area contributed by atoms with Crippen molar-refractivity contribution in [3.63, 3.8) is 0 Å². The van der Waals surface area contributed by atoms with Crippen LogP contribution in [-0.2, 0) is 4.74 Å². The number of nitrogens with zero attached hydrogens (tertiary/aromatic N) is 2. The number of hydrogen-bond acceptors (Lipinski definition) is 6. The molecule has 152 valence electrons. The van der Waals surface area contributed by atoms with E-state index < -0.39 is 0 Å². The van der Waals surface area contributed by atoms with Gasteiger partial charge in [0.2, 0.25) is 0 Å². The smallest absolute Gasteiger partial charge is 0.146 e. The molecule has 3 N–H and O–H groups in total. The van der Waals surface area contributed by atoms with Gasteiger partial charge in [-0.15, -0.1) is 0 Å². The highest BCUT2D eigenvalue weighted by Crippen LogP contribution is 2.34. The number of halogens is 1. The van der Waals surface area contributed by atoms with Gasteiger partial charge in [-0.3, -0.25) is 0 Å². The molecule has 0 bridgehead atoms. The third-order valence-corrected chi connectivity index (χ3v) is 5.36. The Morgan fingerprint density at radius 2 is 1.97 bits per heavy atom. The van der Waals surface area contributed by atoms with Gasteiger partial charge in [0, 0.05) is 30.7 Å². The lowest BCUT2D eigenvalue weighted by atomic mass is 9.95. The Balaban J connectivity index is 1.65. The van der Waals surface area contributed by atoms with E-state index in [1.165, 1.54) is 18.5 Å². The van der Waals surface area contributed by atoms with Crippen LogP contribution in [0.2, 0.25) is 0 Å². The highest BCUT2D eigenvalue weighted by atomic mass is 19.1. The van der Waals surface area contributed by atoms with Gasteiger partial charge in [0.25, 0.3) is 0 Å². The van der Waals surface area contributed by atoms with Crippen LogP contribution in [0, 0.1) is 12.7 Å². The summed E-state index contributed by atoms with van der Waals surface area (Å²) in [6, 6.07) is 8.17. The van der Waals surface area contributed by atoms with E-state index in [1.54, 1.807) is 13.2 Å². The van der Waals surface area contributed by atoms with E-state index in [2.05, 4.69) is 15.3 Å². The minimum atomic E-state index is -0.346. The SMILES string of the molecule is COC1CCCC(Oc2cc(F)ccc2Nc2ncnc3cc(N)cc(C)c23)C1. The molecule has 4 rings (SSSR count). The second-order valence-corrected chi connectivity index (χ2v) is 7.48. The molecule has 1 fully saturated rings. The molecule has 1 saturated carbocycles. The average molecular weight is 396 g/mol. The number of ether oxygens (including phenoxy) is 2. The monoisotopic (exact) mass is 396 g/mol. The molecule has 0 radical (unpaired) electrons. The van der Waals surface area contributed by atoms with Crippen LogP contribution in [-0.4, -0.2) is 29.3 Å². The molecule has 2 aromatic carbocycles. The summed E-state index contributed by atoms with van der Waals surface area (Å²) < 4.78 is 25.6. The summed E-state index contributed by atoms with van der Waals surface area (Å²) in [6.07, 6.45) is 5.42. The number of anilines is 3. The minimum Gasteiger partial charge on any atom is -0.488 e. The molecule has 0 amide bonds. The largest absolute Gasteiger partial charge is 0.488 e. The Morgan fingerprint density at radius 1 is 1.14 bits per heavy atom. The van der Waals surface area contributed by atoms with Crippen molar-refractivity contribution in [1.29, 1.82) is 0 Å². The molecule has 7 heteroatoms. The number of benzene rings is 2. The fourth-order valence-electron chi connectivity index (χ4n) is 3.94. The number of aromatic nitrogens is 2. The standard InChI is InChI=1S/C22H25FN4O2/c1-13-8-15(24)10-19-21(13)22(26-12-25-19)27-18-7-6-14(23)9-20(18)29-17-5-3-4-16(11-17)28-2/h6-10,12,16-17H,3-5,11,24H2,1-2H3,(H,25,26,27). The van der Waals surface area contributed by atoms with Crippen LogP contribution in [0.3, 0.4) is 0 Å². The maximum Gasteiger partial charge on any atom is 0.146 e. The number of hydrogen-bond donors (Lipinski definition) is 2. The molecule has 0 aliphatic heterocycles. The van der Waals surface area contributed by atoms with Gasteiger partial charge in [-0.05, 0) is 56.0 Å². The van der Waals surface area contributed by atoms with Crippen LogP contribution in [0.25, 0.3) is 10.9 Å². The molecule has 2 unspecified atom stereocenters. The summed E-state index contributed by atoms with van der Waals surface area (Å²) in [7, 11) is 1.72. The molecule has 1 aliphatic rings. The van der Waals surface area contributed by atoms with Gasteiger partial charge in [-0.2, -0.15) is 0 Å². The number of aryl methyl sites for hydroxylation is 1. The summed E-state index contributed by atoms with van der Waals surface area (Å²) in [5, 5.41) is 4.17. The van der Waals surface area contributed by atoms with Crippen molar-refractivity contribution in [3.05, 3.63) is 48.0 Å². The highest BCUT2D eigenvalue weighted by Gasteiger charge is 2.24. The predicted molar refractivity (Wildman–Crippen MR) is 112 cm³/mol. The van der Waals surface area contributed by atoms with Crippen LogP contribution in [0.4, 0.5) is 21.6 Å². The Morgan fingerprint density at radius 3 is 2.79 bits per heavy atom. The maximum atomic E-state index is 14.0. The summed E-state index contributed by atoms with van der Waals surface area (Å²) >= 11 is 0. The second kappa shape index (κ2) is 8.21. The fourth-order valence-corrected chi connectivity index (χ4v) is 3.94. The molecular formula is C22H25FN4O2.